The number of nitro benzene ring substituents is 1. The SMILES string of the molecule is CCN(CC)CCOCCc1ccc(N=Nc2c(C#N)cc([N+](=O)[O-])cc2C#N)cc1. The average Bonchev–Trinajstić information content (AvgIpc) is 2.80. The summed E-state index contributed by atoms with van der Waals surface area (Å²) in [4.78, 5) is 12.6. The van der Waals surface area contributed by atoms with E-state index in [0.29, 0.717) is 18.9 Å². The molecule has 0 aliphatic rings. The third-order valence-electron chi connectivity index (χ3n) is 4.73. The van der Waals surface area contributed by atoms with E-state index < -0.39 is 4.92 Å². The van der Waals surface area contributed by atoms with Crippen molar-refractivity contribution in [1.82, 2.24) is 4.90 Å². The molecular weight excluding hydrogens is 396 g/mol. The maximum absolute atomic E-state index is 11.0. The summed E-state index contributed by atoms with van der Waals surface area (Å²) in [5, 5.41) is 37.5. The molecule has 0 aliphatic carbocycles. The summed E-state index contributed by atoms with van der Waals surface area (Å²) in [5.41, 5.74) is 1.16. The molecule has 0 atom stereocenters. The Morgan fingerprint density at radius 3 is 2.16 bits per heavy atom. The number of rotatable bonds is 11. The summed E-state index contributed by atoms with van der Waals surface area (Å²) >= 11 is 0. The number of nitriles is 2. The molecule has 0 unspecified atom stereocenters. The fourth-order valence-electron chi connectivity index (χ4n) is 2.87. The van der Waals surface area contributed by atoms with Crippen molar-refractivity contribution in [2.75, 3.05) is 32.8 Å². The van der Waals surface area contributed by atoms with Crippen molar-refractivity contribution in [3.63, 3.8) is 0 Å². The zero-order valence-corrected chi connectivity index (χ0v) is 17.6. The molecule has 9 nitrogen and oxygen atoms in total. The van der Waals surface area contributed by atoms with Crippen molar-refractivity contribution in [3.8, 4) is 12.1 Å². The van der Waals surface area contributed by atoms with Crippen molar-refractivity contribution in [2.24, 2.45) is 10.2 Å². The Bertz CT molecular complexity index is 966. The first-order valence-electron chi connectivity index (χ1n) is 9.95. The smallest absolute Gasteiger partial charge is 0.272 e. The fourth-order valence-corrected chi connectivity index (χ4v) is 2.87. The van der Waals surface area contributed by atoms with E-state index in [1.807, 2.05) is 24.3 Å². The third kappa shape index (κ3) is 6.96. The first kappa shape index (κ1) is 23.6. The lowest BCUT2D eigenvalue weighted by atomic mass is 10.1. The number of nitro groups is 1. The van der Waals surface area contributed by atoms with Gasteiger partial charge in [-0.25, -0.2) is 0 Å². The molecule has 2 aromatic rings. The van der Waals surface area contributed by atoms with E-state index in [4.69, 9.17) is 4.74 Å². The van der Waals surface area contributed by atoms with Crippen LogP contribution in [0.15, 0.2) is 46.6 Å². The number of benzene rings is 2. The molecule has 0 radical (unpaired) electrons. The van der Waals surface area contributed by atoms with Gasteiger partial charge in [-0.15, -0.1) is 5.11 Å². The second kappa shape index (κ2) is 12.1. The van der Waals surface area contributed by atoms with Gasteiger partial charge in [0.15, 0.2) is 0 Å². The van der Waals surface area contributed by atoms with Crippen LogP contribution in [0.4, 0.5) is 17.1 Å². The van der Waals surface area contributed by atoms with E-state index in [9.17, 15) is 20.6 Å². The predicted molar refractivity (Wildman–Crippen MR) is 115 cm³/mol. The average molecular weight is 420 g/mol. The Morgan fingerprint density at radius 2 is 1.65 bits per heavy atom. The number of non-ortho nitro benzene ring substituents is 1. The number of hydrogen-bond acceptors (Lipinski definition) is 8. The Balaban J connectivity index is 2.00. The van der Waals surface area contributed by atoms with Crippen LogP contribution in [0.2, 0.25) is 0 Å². The molecule has 2 rings (SSSR count). The standard InChI is InChI=1S/C22H24N6O3/c1-3-27(4-2)10-12-31-11-9-17-5-7-20(8-6-17)25-26-22-18(15-23)13-21(28(29)30)14-19(22)16-24/h5-8,13-14H,3-4,9-12H2,1-2H3. The first-order valence-corrected chi connectivity index (χ1v) is 9.95. The molecule has 0 N–H and O–H groups in total. The van der Waals surface area contributed by atoms with E-state index >= 15 is 0 Å². The van der Waals surface area contributed by atoms with Gasteiger partial charge in [-0.05, 0) is 37.2 Å². The molecule has 0 saturated carbocycles. The number of ether oxygens (including phenoxy) is 1. The predicted octanol–water partition coefficient (Wildman–Crippen LogP) is 4.65. The molecule has 0 aliphatic heterocycles. The van der Waals surface area contributed by atoms with Crippen molar-refractivity contribution >= 4 is 17.1 Å². The molecule has 0 aromatic heterocycles. The van der Waals surface area contributed by atoms with Crippen LogP contribution in [0.5, 0.6) is 0 Å². The second-order valence-electron chi connectivity index (χ2n) is 6.63. The zero-order chi connectivity index (χ0) is 22.6. The molecule has 0 bridgehead atoms. The normalized spacial score (nSPS) is 10.9. The highest BCUT2D eigenvalue weighted by Crippen LogP contribution is 2.30. The molecule has 0 heterocycles. The Kier molecular flexibility index (Phi) is 9.24. The van der Waals surface area contributed by atoms with E-state index in [1.165, 1.54) is 0 Å². The molecule has 0 saturated heterocycles. The van der Waals surface area contributed by atoms with E-state index in [0.717, 1.165) is 43.8 Å². The van der Waals surface area contributed by atoms with E-state index in [2.05, 4.69) is 29.0 Å². The number of azo groups is 1. The molecule has 0 spiro atoms. The van der Waals surface area contributed by atoms with Gasteiger partial charge in [-0.3, -0.25) is 10.1 Å². The summed E-state index contributed by atoms with van der Waals surface area (Å²) in [6.45, 7) is 8.54. The lowest BCUT2D eigenvalue weighted by Crippen LogP contribution is -2.27. The van der Waals surface area contributed by atoms with E-state index in [-0.39, 0.29) is 22.5 Å². The number of likely N-dealkylation sites (N-methyl/N-ethyl adjacent to an activating group) is 1. The monoisotopic (exact) mass is 420 g/mol. The maximum Gasteiger partial charge on any atom is 0.272 e. The van der Waals surface area contributed by atoms with Crippen molar-refractivity contribution < 1.29 is 9.66 Å². The lowest BCUT2D eigenvalue weighted by Gasteiger charge is -2.17. The summed E-state index contributed by atoms with van der Waals surface area (Å²) in [6.07, 6.45) is 0.773. The maximum atomic E-state index is 11.0. The number of hydrogen-bond donors (Lipinski definition) is 0. The highest BCUT2D eigenvalue weighted by Gasteiger charge is 2.16. The zero-order valence-electron chi connectivity index (χ0n) is 17.6. The van der Waals surface area contributed by atoms with Crippen LogP contribution in [0.3, 0.4) is 0 Å². The molecule has 0 amide bonds. The first-order chi connectivity index (χ1) is 15.0. The minimum absolute atomic E-state index is 0.0151. The van der Waals surface area contributed by atoms with Crippen LogP contribution in [0.1, 0.15) is 30.5 Å². The molecule has 31 heavy (non-hydrogen) atoms. The van der Waals surface area contributed by atoms with Crippen LogP contribution in [0, 0.1) is 32.8 Å². The topological polar surface area (TPSA) is 128 Å². The van der Waals surface area contributed by atoms with Crippen molar-refractivity contribution in [2.45, 2.75) is 20.3 Å². The van der Waals surface area contributed by atoms with Gasteiger partial charge in [-0.2, -0.15) is 15.6 Å². The minimum atomic E-state index is -0.658. The van der Waals surface area contributed by atoms with Gasteiger partial charge in [0.25, 0.3) is 5.69 Å². The molecule has 160 valence electrons. The summed E-state index contributed by atoms with van der Waals surface area (Å²) < 4.78 is 5.69. The van der Waals surface area contributed by atoms with Gasteiger partial charge in [0, 0.05) is 18.7 Å². The molecular formula is C22H24N6O3. The van der Waals surface area contributed by atoms with Gasteiger partial charge < -0.3 is 9.64 Å². The largest absolute Gasteiger partial charge is 0.380 e. The van der Waals surface area contributed by atoms with E-state index in [1.54, 1.807) is 12.1 Å². The Morgan fingerprint density at radius 1 is 1.03 bits per heavy atom. The Labute approximate surface area is 181 Å². The van der Waals surface area contributed by atoms with Gasteiger partial charge in [-0.1, -0.05) is 26.0 Å². The van der Waals surface area contributed by atoms with Crippen molar-refractivity contribution in [3.05, 3.63) is 63.2 Å². The summed E-state index contributed by atoms with van der Waals surface area (Å²) in [5.74, 6) is 0. The van der Waals surface area contributed by atoms with Crippen LogP contribution in [-0.2, 0) is 11.2 Å². The van der Waals surface area contributed by atoms with Gasteiger partial charge >= 0.3 is 0 Å². The Hall–Kier alpha value is -3.66. The lowest BCUT2D eigenvalue weighted by molar-refractivity contribution is -0.384. The van der Waals surface area contributed by atoms with Crippen LogP contribution < -0.4 is 0 Å². The minimum Gasteiger partial charge on any atom is -0.380 e. The highest BCUT2D eigenvalue weighted by atomic mass is 16.6. The fraction of sp³-hybridized carbons (Fsp3) is 0.364. The molecule has 2 aromatic carbocycles. The summed E-state index contributed by atoms with van der Waals surface area (Å²) in [7, 11) is 0. The van der Waals surface area contributed by atoms with Crippen molar-refractivity contribution in [1.29, 1.82) is 10.5 Å². The van der Waals surface area contributed by atoms with Gasteiger partial charge in [0.2, 0.25) is 0 Å². The van der Waals surface area contributed by atoms with Gasteiger partial charge in [0.1, 0.15) is 17.8 Å². The summed E-state index contributed by atoms with van der Waals surface area (Å²) in [6, 6.07) is 13.2. The molecule has 9 heteroatoms. The van der Waals surface area contributed by atoms with Crippen LogP contribution >= 0.6 is 0 Å². The van der Waals surface area contributed by atoms with Crippen LogP contribution in [0.25, 0.3) is 0 Å². The highest BCUT2D eigenvalue weighted by molar-refractivity contribution is 5.67. The second-order valence-corrected chi connectivity index (χ2v) is 6.63. The quantitative estimate of drug-likeness (QED) is 0.225. The third-order valence-corrected chi connectivity index (χ3v) is 4.73. The van der Waals surface area contributed by atoms with Crippen LogP contribution in [-0.4, -0.2) is 42.7 Å². The number of nitrogens with zero attached hydrogens (tertiary/aromatic N) is 6. The molecule has 0 fully saturated rings. The van der Waals surface area contributed by atoms with Gasteiger partial charge in [0.05, 0.1) is 35.0 Å².